The van der Waals surface area contributed by atoms with Gasteiger partial charge in [-0.3, -0.25) is 4.98 Å². The molecule has 4 aromatic rings. The molecule has 0 aliphatic heterocycles. The Morgan fingerprint density at radius 1 is 0.789 bits per heavy atom. The fourth-order valence-corrected chi connectivity index (χ4v) is 3.34. The first-order valence-corrected chi connectivity index (χ1v) is 7.11. The molecule has 0 aliphatic carbocycles. The first kappa shape index (κ1) is 10.7. The van der Waals surface area contributed by atoms with Crippen LogP contribution in [0.1, 0.15) is 0 Å². The van der Waals surface area contributed by atoms with E-state index in [1.165, 1.54) is 26.4 Å². The topological polar surface area (TPSA) is 12.9 Å². The van der Waals surface area contributed by atoms with Gasteiger partial charge in [0.15, 0.2) is 0 Å². The van der Waals surface area contributed by atoms with Crippen LogP contribution in [-0.4, -0.2) is 4.98 Å². The molecule has 0 fully saturated rings. The van der Waals surface area contributed by atoms with Crippen molar-refractivity contribution in [3.05, 3.63) is 66.2 Å². The van der Waals surface area contributed by atoms with Gasteiger partial charge in [0.2, 0.25) is 0 Å². The molecule has 0 spiro atoms. The van der Waals surface area contributed by atoms with E-state index in [-0.39, 0.29) is 0 Å². The first-order valence-electron chi connectivity index (χ1n) is 6.23. The molecule has 2 heteroatoms. The van der Waals surface area contributed by atoms with Crippen LogP contribution in [0.25, 0.3) is 32.1 Å². The molecule has 0 N–H and O–H groups in total. The van der Waals surface area contributed by atoms with Crippen LogP contribution in [0.15, 0.2) is 66.2 Å². The number of hydrogen-bond acceptors (Lipinski definition) is 2. The number of benzene rings is 2. The molecule has 0 saturated heterocycles. The molecule has 0 saturated carbocycles. The van der Waals surface area contributed by atoms with Crippen molar-refractivity contribution in [2.75, 3.05) is 0 Å². The highest BCUT2D eigenvalue weighted by Crippen LogP contribution is 2.32. The predicted molar refractivity (Wildman–Crippen MR) is 82.6 cm³/mol. The molecule has 1 nitrogen and oxygen atoms in total. The Morgan fingerprint density at radius 3 is 2.63 bits per heavy atom. The highest BCUT2D eigenvalue weighted by Gasteiger charge is 2.06. The van der Waals surface area contributed by atoms with Crippen molar-refractivity contribution in [2.24, 2.45) is 0 Å². The second-order valence-electron chi connectivity index (χ2n) is 4.56. The molecule has 0 aliphatic rings. The molecule has 19 heavy (non-hydrogen) atoms. The van der Waals surface area contributed by atoms with Crippen molar-refractivity contribution in [1.29, 1.82) is 0 Å². The van der Waals surface area contributed by atoms with Crippen molar-refractivity contribution in [2.45, 2.75) is 0 Å². The molecule has 0 atom stereocenters. The average Bonchev–Trinajstić information content (AvgIpc) is 2.95. The van der Waals surface area contributed by atoms with Crippen LogP contribution >= 0.6 is 11.3 Å². The summed E-state index contributed by atoms with van der Waals surface area (Å²) in [6, 6.07) is 19.2. The summed E-state index contributed by atoms with van der Waals surface area (Å²) in [7, 11) is 0. The highest BCUT2D eigenvalue weighted by molar-refractivity contribution is 7.17. The minimum atomic E-state index is 1.08. The summed E-state index contributed by atoms with van der Waals surface area (Å²) in [5, 5.41) is 5.92. The van der Waals surface area contributed by atoms with Crippen LogP contribution in [-0.2, 0) is 0 Å². The van der Waals surface area contributed by atoms with Gasteiger partial charge in [-0.15, -0.1) is 11.3 Å². The van der Waals surface area contributed by atoms with E-state index in [2.05, 4.69) is 65.0 Å². The summed E-state index contributed by atoms with van der Waals surface area (Å²) >= 11 is 1.75. The molecule has 4 rings (SSSR count). The number of thiophene rings is 1. The van der Waals surface area contributed by atoms with E-state index >= 15 is 0 Å². The van der Waals surface area contributed by atoms with Crippen molar-refractivity contribution < 1.29 is 0 Å². The van der Waals surface area contributed by atoms with Gasteiger partial charge in [-0.05, 0) is 39.7 Å². The lowest BCUT2D eigenvalue weighted by molar-refractivity contribution is 1.37. The molecule has 2 aromatic carbocycles. The van der Waals surface area contributed by atoms with Gasteiger partial charge in [-0.25, -0.2) is 0 Å². The average molecular weight is 261 g/mol. The highest BCUT2D eigenvalue weighted by atomic mass is 32.1. The van der Waals surface area contributed by atoms with E-state index in [0.717, 1.165) is 5.69 Å². The predicted octanol–water partition coefficient (Wildman–Crippen LogP) is 5.12. The van der Waals surface area contributed by atoms with Gasteiger partial charge >= 0.3 is 0 Å². The molecule has 0 unspecified atom stereocenters. The van der Waals surface area contributed by atoms with Gasteiger partial charge in [0.05, 0.1) is 10.4 Å². The summed E-state index contributed by atoms with van der Waals surface area (Å²) in [5.74, 6) is 0. The third-order valence-corrected chi connectivity index (χ3v) is 4.33. The lowest BCUT2D eigenvalue weighted by Gasteiger charge is -2.04. The Hall–Kier alpha value is -2.19. The van der Waals surface area contributed by atoms with E-state index in [1.807, 2.05) is 6.20 Å². The maximum Gasteiger partial charge on any atom is 0.0880 e. The van der Waals surface area contributed by atoms with Gasteiger partial charge in [0.25, 0.3) is 0 Å². The van der Waals surface area contributed by atoms with Gasteiger partial charge in [0.1, 0.15) is 0 Å². The molecule has 0 bridgehead atoms. The minimum Gasteiger partial charge on any atom is -0.255 e. The van der Waals surface area contributed by atoms with Crippen molar-refractivity contribution >= 4 is 32.2 Å². The second kappa shape index (κ2) is 4.18. The van der Waals surface area contributed by atoms with E-state index < -0.39 is 0 Å². The lowest BCUT2D eigenvalue weighted by Crippen LogP contribution is -1.83. The Labute approximate surface area is 115 Å². The summed E-state index contributed by atoms with van der Waals surface area (Å²) in [6.45, 7) is 0. The van der Waals surface area contributed by atoms with Gasteiger partial charge in [0, 0.05) is 11.8 Å². The van der Waals surface area contributed by atoms with Gasteiger partial charge in [-0.2, -0.15) is 0 Å². The van der Waals surface area contributed by atoms with Gasteiger partial charge in [-0.1, -0.05) is 36.4 Å². The molecular formula is C17H11NS. The smallest absolute Gasteiger partial charge is 0.0880 e. The van der Waals surface area contributed by atoms with E-state index in [9.17, 15) is 0 Å². The second-order valence-corrected chi connectivity index (χ2v) is 5.48. The Morgan fingerprint density at radius 2 is 1.68 bits per heavy atom. The number of pyridine rings is 1. The number of rotatable bonds is 1. The van der Waals surface area contributed by atoms with E-state index in [1.54, 1.807) is 11.3 Å². The fraction of sp³-hybridized carbons (Fsp3) is 0. The van der Waals surface area contributed by atoms with Crippen molar-refractivity contribution in [3.63, 3.8) is 0 Å². The molecular weight excluding hydrogens is 250 g/mol. The summed E-state index contributed by atoms with van der Waals surface area (Å²) < 4.78 is 1.26. The normalized spacial score (nSPS) is 11.2. The fourth-order valence-electron chi connectivity index (χ4n) is 2.44. The first-order chi connectivity index (χ1) is 9.42. The zero-order chi connectivity index (χ0) is 12.7. The van der Waals surface area contributed by atoms with Crippen molar-refractivity contribution in [1.82, 2.24) is 4.98 Å². The lowest BCUT2D eigenvalue weighted by atomic mass is 10.0. The molecule has 2 aromatic heterocycles. The van der Waals surface area contributed by atoms with Crippen LogP contribution in [0.2, 0.25) is 0 Å². The number of aromatic nitrogens is 1. The molecule has 0 radical (unpaired) electrons. The number of hydrogen-bond donors (Lipinski definition) is 0. The van der Waals surface area contributed by atoms with E-state index in [0.29, 0.717) is 0 Å². The van der Waals surface area contributed by atoms with Crippen molar-refractivity contribution in [3.8, 4) is 11.3 Å². The van der Waals surface area contributed by atoms with Crippen LogP contribution in [0.5, 0.6) is 0 Å². The Balaban J connectivity index is 2.01. The third-order valence-electron chi connectivity index (χ3n) is 3.39. The molecule has 0 amide bonds. The maximum absolute atomic E-state index is 4.57. The molecule has 90 valence electrons. The summed E-state index contributed by atoms with van der Waals surface area (Å²) in [4.78, 5) is 4.57. The van der Waals surface area contributed by atoms with Crippen LogP contribution in [0.3, 0.4) is 0 Å². The third kappa shape index (κ3) is 1.72. The Bertz CT molecular complexity index is 876. The maximum atomic E-state index is 4.57. The zero-order valence-electron chi connectivity index (χ0n) is 10.2. The quantitative estimate of drug-likeness (QED) is 0.463. The van der Waals surface area contributed by atoms with Crippen LogP contribution < -0.4 is 0 Å². The standard InChI is InChI=1S/C17H11NS/c1-2-4-14-11-15(6-5-12(14)3-1)16-17-13(7-9-18-16)8-10-19-17/h1-11H. The van der Waals surface area contributed by atoms with Crippen LogP contribution in [0.4, 0.5) is 0 Å². The van der Waals surface area contributed by atoms with Crippen LogP contribution in [0, 0.1) is 0 Å². The summed E-state index contributed by atoms with van der Waals surface area (Å²) in [6.07, 6.45) is 1.89. The molecule has 2 heterocycles. The Kier molecular flexibility index (Phi) is 2.35. The van der Waals surface area contributed by atoms with E-state index in [4.69, 9.17) is 0 Å². The van der Waals surface area contributed by atoms with Gasteiger partial charge < -0.3 is 0 Å². The summed E-state index contributed by atoms with van der Waals surface area (Å²) in [5.41, 5.74) is 2.27. The SMILES string of the molecule is c1ccc2cc(-c3nccc4ccsc34)ccc2c1. The zero-order valence-corrected chi connectivity index (χ0v) is 11.0. The largest absolute Gasteiger partial charge is 0.255 e. The minimum absolute atomic E-state index is 1.08. The number of fused-ring (bicyclic) bond motifs is 2. The monoisotopic (exact) mass is 261 g/mol. The number of nitrogens with zero attached hydrogens (tertiary/aromatic N) is 1.